The predicted octanol–water partition coefficient (Wildman–Crippen LogP) is 3.86. The summed E-state index contributed by atoms with van der Waals surface area (Å²) in [6, 6.07) is 14.3. The molecule has 0 bridgehead atoms. The third-order valence-electron chi connectivity index (χ3n) is 3.20. The number of carbonyl (C=O) groups excluding carboxylic acids is 1. The molecule has 0 atom stereocenters. The van der Waals surface area contributed by atoms with Gasteiger partial charge in [-0.05, 0) is 24.3 Å². The number of hydrogen-bond acceptors (Lipinski definition) is 6. The molecule has 1 aromatic heterocycles. The smallest absolute Gasteiger partial charge is 0.342 e. The molecule has 7 heteroatoms. The number of para-hydroxylation sites is 1. The van der Waals surface area contributed by atoms with Gasteiger partial charge in [0.05, 0.1) is 7.11 Å². The van der Waals surface area contributed by atoms with Gasteiger partial charge in [0.15, 0.2) is 6.61 Å². The Morgan fingerprint density at radius 2 is 2.04 bits per heavy atom. The van der Waals surface area contributed by atoms with E-state index in [0.717, 1.165) is 10.0 Å². The molecule has 0 aliphatic rings. The molecule has 0 spiro atoms. The van der Waals surface area contributed by atoms with Gasteiger partial charge in [-0.15, -0.1) is 0 Å². The van der Waals surface area contributed by atoms with E-state index in [-0.39, 0.29) is 12.5 Å². The maximum Gasteiger partial charge on any atom is 0.342 e. The SMILES string of the molecule is COc1ccccc1C(=O)OCc1nc(-c2cccc(Br)c2)no1. The zero-order valence-corrected chi connectivity index (χ0v) is 14.3. The van der Waals surface area contributed by atoms with Crippen LogP contribution in [0.3, 0.4) is 0 Å². The molecule has 122 valence electrons. The van der Waals surface area contributed by atoms with Gasteiger partial charge in [0.25, 0.3) is 5.89 Å². The van der Waals surface area contributed by atoms with Crippen molar-refractivity contribution in [1.82, 2.24) is 10.1 Å². The van der Waals surface area contributed by atoms with Crippen molar-refractivity contribution in [2.75, 3.05) is 7.11 Å². The summed E-state index contributed by atoms with van der Waals surface area (Å²) in [7, 11) is 1.49. The number of benzene rings is 2. The molecule has 2 aromatic carbocycles. The minimum atomic E-state index is -0.519. The van der Waals surface area contributed by atoms with E-state index in [0.29, 0.717) is 17.1 Å². The molecule has 1 heterocycles. The standard InChI is InChI=1S/C17H13BrN2O4/c1-22-14-8-3-2-7-13(14)17(21)23-10-15-19-16(20-24-15)11-5-4-6-12(18)9-11/h2-9H,10H2,1H3. The number of rotatable bonds is 5. The maximum atomic E-state index is 12.1. The van der Waals surface area contributed by atoms with Gasteiger partial charge in [-0.1, -0.05) is 45.4 Å². The Kier molecular flexibility index (Phi) is 4.90. The number of halogens is 1. The highest BCUT2D eigenvalue weighted by molar-refractivity contribution is 9.10. The molecule has 0 saturated carbocycles. The number of esters is 1. The van der Waals surface area contributed by atoms with Crippen molar-refractivity contribution in [3.63, 3.8) is 0 Å². The summed E-state index contributed by atoms with van der Waals surface area (Å²) >= 11 is 3.39. The molecule has 0 radical (unpaired) electrons. The third-order valence-corrected chi connectivity index (χ3v) is 3.70. The monoisotopic (exact) mass is 388 g/mol. The van der Waals surface area contributed by atoms with Gasteiger partial charge in [-0.3, -0.25) is 0 Å². The largest absolute Gasteiger partial charge is 0.496 e. The van der Waals surface area contributed by atoms with E-state index in [4.69, 9.17) is 14.0 Å². The molecule has 0 amide bonds. The number of carbonyl (C=O) groups is 1. The van der Waals surface area contributed by atoms with Crippen molar-refractivity contribution in [1.29, 1.82) is 0 Å². The molecule has 0 aliphatic carbocycles. The van der Waals surface area contributed by atoms with E-state index in [2.05, 4.69) is 26.1 Å². The first-order chi connectivity index (χ1) is 11.7. The van der Waals surface area contributed by atoms with Crippen LogP contribution in [0.15, 0.2) is 57.5 Å². The lowest BCUT2D eigenvalue weighted by Crippen LogP contribution is -2.07. The second kappa shape index (κ2) is 7.27. The first-order valence-corrected chi connectivity index (χ1v) is 7.85. The summed E-state index contributed by atoms with van der Waals surface area (Å²) in [5.41, 5.74) is 1.14. The lowest BCUT2D eigenvalue weighted by atomic mass is 10.2. The summed E-state index contributed by atoms with van der Waals surface area (Å²) in [5.74, 6) is 0.574. The Morgan fingerprint density at radius 3 is 2.83 bits per heavy atom. The molecule has 0 saturated heterocycles. The van der Waals surface area contributed by atoms with Crippen LogP contribution in [0.25, 0.3) is 11.4 Å². The number of methoxy groups -OCH3 is 1. The van der Waals surface area contributed by atoms with Gasteiger partial charge in [0, 0.05) is 10.0 Å². The van der Waals surface area contributed by atoms with E-state index in [1.54, 1.807) is 24.3 Å². The Bertz CT molecular complexity index is 863. The van der Waals surface area contributed by atoms with E-state index in [1.165, 1.54) is 7.11 Å². The lowest BCUT2D eigenvalue weighted by molar-refractivity contribution is 0.0426. The Balaban J connectivity index is 1.68. The van der Waals surface area contributed by atoms with Crippen molar-refractivity contribution < 1.29 is 18.8 Å². The number of aromatic nitrogens is 2. The summed E-state index contributed by atoms with van der Waals surface area (Å²) < 4.78 is 16.4. The maximum absolute atomic E-state index is 12.1. The van der Waals surface area contributed by atoms with Crippen molar-refractivity contribution in [2.24, 2.45) is 0 Å². The quantitative estimate of drug-likeness (QED) is 0.617. The highest BCUT2D eigenvalue weighted by Crippen LogP contribution is 2.21. The van der Waals surface area contributed by atoms with Crippen LogP contribution in [0.4, 0.5) is 0 Å². The normalized spacial score (nSPS) is 10.4. The first-order valence-electron chi connectivity index (χ1n) is 7.06. The molecule has 6 nitrogen and oxygen atoms in total. The average molecular weight is 389 g/mol. The summed E-state index contributed by atoms with van der Waals surface area (Å²) in [4.78, 5) is 16.3. The van der Waals surface area contributed by atoms with Crippen molar-refractivity contribution in [3.05, 3.63) is 64.5 Å². The lowest BCUT2D eigenvalue weighted by Gasteiger charge is -2.06. The Hall–Kier alpha value is -2.67. The van der Waals surface area contributed by atoms with E-state index >= 15 is 0 Å². The predicted molar refractivity (Wildman–Crippen MR) is 89.5 cm³/mol. The van der Waals surface area contributed by atoms with Crippen LogP contribution in [0.5, 0.6) is 5.75 Å². The highest BCUT2D eigenvalue weighted by Gasteiger charge is 2.15. The summed E-state index contributed by atoms with van der Waals surface area (Å²) in [6.45, 7) is -0.113. The van der Waals surface area contributed by atoms with Gasteiger partial charge in [-0.2, -0.15) is 4.98 Å². The molecule has 3 rings (SSSR count). The van der Waals surface area contributed by atoms with Gasteiger partial charge in [0.1, 0.15) is 11.3 Å². The minimum Gasteiger partial charge on any atom is -0.496 e. The number of ether oxygens (including phenoxy) is 2. The zero-order valence-electron chi connectivity index (χ0n) is 12.7. The molecule has 0 N–H and O–H groups in total. The minimum absolute atomic E-state index is 0.113. The number of nitrogens with zero attached hydrogens (tertiary/aromatic N) is 2. The Labute approximate surface area is 146 Å². The Morgan fingerprint density at radius 1 is 1.21 bits per heavy atom. The van der Waals surface area contributed by atoms with Crippen molar-refractivity contribution in [3.8, 4) is 17.1 Å². The van der Waals surface area contributed by atoms with Crippen LogP contribution in [-0.4, -0.2) is 23.2 Å². The fraction of sp³-hybridized carbons (Fsp3) is 0.118. The average Bonchev–Trinajstić information content (AvgIpc) is 3.08. The zero-order chi connectivity index (χ0) is 16.9. The fourth-order valence-electron chi connectivity index (χ4n) is 2.08. The van der Waals surface area contributed by atoms with Crippen LogP contribution in [0, 0.1) is 0 Å². The third kappa shape index (κ3) is 3.62. The van der Waals surface area contributed by atoms with E-state index in [1.807, 2.05) is 24.3 Å². The number of hydrogen-bond donors (Lipinski definition) is 0. The molecular weight excluding hydrogens is 376 g/mol. The molecule has 0 aliphatic heterocycles. The van der Waals surface area contributed by atoms with E-state index < -0.39 is 5.97 Å². The summed E-state index contributed by atoms with van der Waals surface area (Å²) in [5, 5.41) is 3.89. The second-order valence-electron chi connectivity index (χ2n) is 4.80. The van der Waals surface area contributed by atoms with Crippen LogP contribution in [0.1, 0.15) is 16.2 Å². The molecular formula is C17H13BrN2O4. The topological polar surface area (TPSA) is 74.5 Å². The van der Waals surface area contributed by atoms with Gasteiger partial charge < -0.3 is 14.0 Å². The highest BCUT2D eigenvalue weighted by atomic mass is 79.9. The van der Waals surface area contributed by atoms with Crippen LogP contribution >= 0.6 is 15.9 Å². The van der Waals surface area contributed by atoms with Crippen molar-refractivity contribution >= 4 is 21.9 Å². The van der Waals surface area contributed by atoms with Crippen LogP contribution in [0.2, 0.25) is 0 Å². The molecule has 0 unspecified atom stereocenters. The fourth-order valence-corrected chi connectivity index (χ4v) is 2.48. The van der Waals surface area contributed by atoms with Gasteiger partial charge in [0.2, 0.25) is 5.82 Å². The van der Waals surface area contributed by atoms with Gasteiger partial charge in [-0.25, -0.2) is 4.79 Å². The van der Waals surface area contributed by atoms with Crippen molar-refractivity contribution in [2.45, 2.75) is 6.61 Å². The second-order valence-corrected chi connectivity index (χ2v) is 5.71. The van der Waals surface area contributed by atoms with Crippen LogP contribution < -0.4 is 4.74 Å². The van der Waals surface area contributed by atoms with E-state index in [9.17, 15) is 4.79 Å². The molecule has 24 heavy (non-hydrogen) atoms. The summed E-state index contributed by atoms with van der Waals surface area (Å²) in [6.07, 6.45) is 0. The molecule has 3 aromatic rings. The van der Waals surface area contributed by atoms with Gasteiger partial charge >= 0.3 is 5.97 Å². The first kappa shape index (κ1) is 16.2. The van der Waals surface area contributed by atoms with Crippen LogP contribution in [-0.2, 0) is 11.3 Å². The molecule has 0 fully saturated rings.